The second-order valence-corrected chi connectivity index (χ2v) is 4.97. The first kappa shape index (κ1) is 13.7. The third kappa shape index (κ3) is 3.58. The van der Waals surface area contributed by atoms with Crippen LogP contribution in [0.25, 0.3) is 0 Å². The predicted octanol–water partition coefficient (Wildman–Crippen LogP) is 3.03. The summed E-state index contributed by atoms with van der Waals surface area (Å²) >= 11 is 3.62. The molecule has 0 heterocycles. The van der Waals surface area contributed by atoms with Crippen LogP contribution in [0.15, 0.2) is 28.7 Å². The van der Waals surface area contributed by atoms with Crippen molar-refractivity contribution in [2.45, 2.75) is 12.8 Å². The molecule has 0 radical (unpaired) electrons. The van der Waals surface area contributed by atoms with Gasteiger partial charge in [-0.2, -0.15) is 0 Å². The van der Waals surface area contributed by atoms with E-state index in [1.165, 1.54) is 10.0 Å². The molecule has 2 atom stereocenters. The molecule has 0 spiro atoms. The summed E-state index contributed by atoms with van der Waals surface area (Å²) in [6, 6.07) is 8.41. The third-order valence-electron chi connectivity index (χ3n) is 2.85. The number of ether oxygens (including phenoxy) is 1. The first-order chi connectivity index (χ1) is 7.70. The van der Waals surface area contributed by atoms with Crippen molar-refractivity contribution >= 4 is 15.9 Å². The van der Waals surface area contributed by atoms with Gasteiger partial charge >= 0.3 is 0 Å². The van der Waals surface area contributed by atoms with E-state index in [-0.39, 0.29) is 0 Å². The third-order valence-corrected chi connectivity index (χ3v) is 3.57. The number of rotatable bonds is 6. The molecule has 2 nitrogen and oxygen atoms in total. The lowest BCUT2D eigenvalue weighted by Crippen LogP contribution is -2.25. The van der Waals surface area contributed by atoms with E-state index in [0.717, 1.165) is 13.2 Å². The van der Waals surface area contributed by atoms with Crippen LogP contribution in [0.3, 0.4) is 0 Å². The average Bonchev–Trinajstić information content (AvgIpc) is 2.27. The van der Waals surface area contributed by atoms with Gasteiger partial charge in [0, 0.05) is 30.7 Å². The van der Waals surface area contributed by atoms with Gasteiger partial charge in [0.05, 0.1) is 0 Å². The number of likely N-dealkylation sites (N-methyl/N-ethyl adjacent to an activating group) is 1. The van der Waals surface area contributed by atoms with Gasteiger partial charge in [-0.3, -0.25) is 0 Å². The Kier molecular flexibility index (Phi) is 6.03. The zero-order valence-corrected chi connectivity index (χ0v) is 11.8. The normalized spacial score (nSPS) is 14.8. The standard InChI is InChI=1S/C13H20BrNO/c1-10(9-16-3)12(8-15-2)11-6-4-5-7-13(11)14/h4-7,10,12,15H,8-9H2,1-3H3. The monoisotopic (exact) mass is 285 g/mol. The number of benzene rings is 1. The van der Waals surface area contributed by atoms with Crippen molar-refractivity contribution < 1.29 is 4.74 Å². The van der Waals surface area contributed by atoms with Gasteiger partial charge in [0.15, 0.2) is 0 Å². The van der Waals surface area contributed by atoms with Gasteiger partial charge < -0.3 is 10.1 Å². The maximum absolute atomic E-state index is 5.25. The highest BCUT2D eigenvalue weighted by Crippen LogP contribution is 2.30. The molecular weight excluding hydrogens is 266 g/mol. The van der Waals surface area contributed by atoms with Crippen LogP contribution < -0.4 is 5.32 Å². The van der Waals surface area contributed by atoms with Crippen LogP contribution in [0.5, 0.6) is 0 Å². The molecular formula is C13H20BrNO. The van der Waals surface area contributed by atoms with Crippen LogP contribution >= 0.6 is 15.9 Å². The van der Waals surface area contributed by atoms with Crippen molar-refractivity contribution in [3.63, 3.8) is 0 Å². The summed E-state index contributed by atoms with van der Waals surface area (Å²) < 4.78 is 6.43. The second kappa shape index (κ2) is 7.05. The van der Waals surface area contributed by atoms with E-state index in [1.54, 1.807) is 7.11 Å². The minimum atomic E-state index is 0.473. The van der Waals surface area contributed by atoms with Crippen LogP contribution in [0, 0.1) is 5.92 Å². The molecule has 3 heteroatoms. The quantitative estimate of drug-likeness (QED) is 0.868. The fraction of sp³-hybridized carbons (Fsp3) is 0.538. The van der Waals surface area contributed by atoms with E-state index in [4.69, 9.17) is 4.74 Å². The molecule has 1 rings (SSSR count). The highest BCUT2D eigenvalue weighted by Gasteiger charge is 2.20. The molecule has 1 aromatic carbocycles. The molecule has 1 aromatic rings. The van der Waals surface area contributed by atoms with Crippen LogP contribution in [0.2, 0.25) is 0 Å². The smallest absolute Gasteiger partial charge is 0.0494 e. The summed E-state index contributed by atoms with van der Waals surface area (Å²) in [5.74, 6) is 0.969. The summed E-state index contributed by atoms with van der Waals surface area (Å²) in [4.78, 5) is 0. The Morgan fingerprint density at radius 1 is 1.38 bits per heavy atom. The SMILES string of the molecule is CNCC(c1ccccc1Br)C(C)COC. The molecule has 0 saturated heterocycles. The van der Waals surface area contributed by atoms with E-state index < -0.39 is 0 Å². The summed E-state index contributed by atoms with van der Waals surface area (Å²) in [5, 5.41) is 3.26. The predicted molar refractivity (Wildman–Crippen MR) is 71.8 cm³/mol. The molecule has 0 aliphatic heterocycles. The highest BCUT2D eigenvalue weighted by atomic mass is 79.9. The van der Waals surface area contributed by atoms with Crippen LogP contribution in [0.1, 0.15) is 18.4 Å². The minimum absolute atomic E-state index is 0.473. The number of methoxy groups -OCH3 is 1. The van der Waals surface area contributed by atoms with Crippen molar-refractivity contribution in [1.82, 2.24) is 5.32 Å². The molecule has 0 aliphatic carbocycles. The first-order valence-electron chi connectivity index (χ1n) is 5.58. The van der Waals surface area contributed by atoms with E-state index >= 15 is 0 Å². The largest absolute Gasteiger partial charge is 0.384 e. The maximum atomic E-state index is 5.25. The molecule has 0 bridgehead atoms. The topological polar surface area (TPSA) is 21.3 Å². The van der Waals surface area contributed by atoms with Crippen LogP contribution in [0.4, 0.5) is 0 Å². The molecule has 0 amide bonds. The second-order valence-electron chi connectivity index (χ2n) is 4.12. The lowest BCUT2D eigenvalue weighted by Gasteiger charge is -2.24. The minimum Gasteiger partial charge on any atom is -0.384 e. The Bertz CT molecular complexity index is 317. The van der Waals surface area contributed by atoms with Crippen LogP contribution in [-0.2, 0) is 4.74 Å². The van der Waals surface area contributed by atoms with Crippen molar-refractivity contribution in [3.8, 4) is 0 Å². The molecule has 0 saturated carbocycles. The highest BCUT2D eigenvalue weighted by molar-refractivity contribution is 9.10. The van der Waals surface area contributed by atoms with Crippen molar-refractivity contribution in [2.75, 3.05) is 27.3 Å². The fourth-order valence-corrected chi connectivity index (χ4v) is 2.57. The number of halogens is 1. The van der Waals surface area contributed by atoms with Gasteiger partial charge in [0.25, 0.3) is 0 Å². The zero-order chi connectivity index (χ0) is 12.0. The molecule has 1 N–H and O–H groups in total. The molecule has 2 unspecified atom stereocenters. The van der Waals surface area contributed by atoms with Crippen molar-refractivity contribution in [3.05, 3.63) is 34.3 Å². The Hall–Kier alpha value is -0.380. The van der Waals surface area contributed by atoms with Gasteiger partial charge in [-0.25, -0.2) is 0 Å². The zero-order valence-electron chi connectivity index (χ0n) is 10.2. The van der Waals surface area contributed by atoms with Crippen molar-refractivity contribution in [2.24, 2.45) is 5.92 Å². The summed E-state index contributed by atoms with van der Waals surface area (Å²) in [5.41, 5.74) is 1.35. The molecule has 0 aromatic heterocycles. The van der Waals surface area contributed by atoms with Gasteiger partial charge in [-0.15, -0.1) is 0 Å². The maximum Gasteiger partial charge on any atom is 0.0494 e. The fourth-order valence-electron chi connectivity index (χ4n) is 1.99. The van der Waals surface area contributed by atoms with Crippen LogP contribution in [-0.4, -0.2) is 27.3 Å². The summed E-state index contributed by atoms with van der Waals surface area (Å²) in [6.07, 6.45) is 0. The Balaban J connectivity index is 2.88. The van der Waals surface area contributed by atoms with Gasteiger partial charge in [0.1, 0.15) is 0 Å². The Morgan fingerprint density at radius 3 is 2.62 bits per heavy atom. The van der Waals surface area contributed by atoms with E-state index in [9.17, 15) is 0 Å². The lowest BCUT2D eigenvalue weighted by molar-refractivity contribution is 0.146. The Morgan fingerprint density at radius 2 is 2.06 bits per heavy atom. The Labute approximate surface area is 107 Å². The average molecular weight is 286 g/mol. The van der Waals surface area contributed by atoms with Gasteiger partial charge in [-0.05, 0) is 24.6 Å². The number of nitrogens with one attached hydrogen (secondary N) is 1. The van der Waals surface area contributed by atoms with Gasteiger partial charge in [0.2, 0.25) is 0 Å². The molecule has 90 valence electrons. The summed E-state index contributed by atoms with van der Waals surface area (Å²) in [7, 11) is 3.75. The number of hydrogen-bond donors (Lipinski definition) is 1. The van der Waals surface area contributed by atoms with E-state index in [1.807, 2.05) is 13.1 Å². The van der Waals surface area contributed by atoms with Gasteiger partial charge in [-0.1, -0.05) is 41.1 Å². The number of hydrogen-bond acceptors (Lipinski definition) is 2. The lowest BCUT2D eigenvalue weighted by atomic mass is 9.87. The molecule has 16 heavy (non-hydrogen) atoms. The molecule has 0 aliphatic rings. The van der Waals surface area contributed by atoms with Crippen molar-refractivity contribution in [1.29, 1.82) is 0 Å². The first-order valence-corrected chi connectivity index (χ1v) is 6.38. The van der Waals surface area contributed by atoms with E-state index in [0.29, 0.717) is 11.8 Å². The summed E-state index contributed by atoms with van der Waals surface area (Å²) in [6.45, 7) is 3.98. The van der Waals surface area contributed by atoms with E-state index in [2.05, 4.69) is 46.4 Å². The molecule has 0 fully saturated rings.